The number of hydrogen-bond donors (Lipinski definition) is 2. The normalized spacial score (nSPS) is 15.0. The fourth-order valence-electron chi connectivity index (χ4n) is 3.99. The number of pyridine rings is 1. The number of aromatic amines is 1. The first-order chi connectivity index (χ1) is 14.9. The second-order valence-corrected chi connectivity index (χ2v) is 11.1. The van der Waals surface area contributed by atoms with E-state index in [0.717, 1.165) is 47.5 Å². The van der Waals surface area contributed by atoms with Crippen LogP contribution in [0, 0.1) is 0 Å². The van der Waals surface area contributed by atoms with Crippen molar-refractivity contribution in [2.75, 3.05) is 6.26 Å². The summed E-state index contributed by atoms with van der Waals surface area (Å²) >= 11 is 1.21. The minimum atomic E-state index is -3.26. The van der Waals surface area contributed by atoms with Gasteiger partial charge in [-0.2, -0.15) is 5.10 Å². The number of thiophene rings is 1. The van der Waals surface area contributed by atoms with Crippen molar-refractivity contribution in [2.24, 2.45) is 0 Å². The molecule has 0 atom stereocenters. The van der Waals surface area contributed by atoms with Gasteiger partial charge in [0.05, 0.1) is 23.0 Å². The highest BCUT2D eigenvalue weighted by molar-refractivity contribution is 7.92. The zero-order valence-corrected chi connectivity index (χ0v) is 18.5. The Kier molecular flexibility index (Phi) is 4.90. The van der Waals surface area contributed by atoms with Crippen molar-refractivity contribution in [1.82, 2.24) is 24.9 Å². The van der Waals surface area contributed by atoms with Gasteiger partial charge < -0.3 is 5.32 Å². The highest BCUT2D eigenvalue weighted by Gasteiger charge is 2.22. The maximum absolute atomic E-state index is 12.8. The zero-order valence-electron chi connectivity index (χ0n) is 16.8. The first-order valence-electron chi connectivity index (χ1n) is 10.0. The van der Waals surface area contributed by atoms with Crippen LogP contribution in [0.1, 0.15) is 36.2 Å². The van der Waals surface area contributed by atoms with Gasteiger partial charge in [-0.3, -0.25) is 14.3 Å². The standard InChI is InChI=1S/C21H21N5O3S2/c1-31(28,29)19-9-7-17(30-19)16-11-22-18-8-6-13(12-26(16)18)15-10-23-25-20(15)21(27)24-14-4-2-3-5-14/h6-12,14H,2-5H2,1H3,(H,23,25)(H,24,27). The molecule has 0 bridgehead atoms. The lowest BCUT2D eigenvalue weighted by molar-refractivity contribution is 0.0933. The van der Waals surface area contributed by atoms with E-state index in [2.05, 4.69) is 20.5 Å². The van der Waals surface area contributed by atoms with Crippen LogP contribution in [0.15, 0.2) is 47.1 Å². The van der Waals surface area contributed by atoms with Crippen molar-refractivity contribution in [1.29, 1.82) is 0 Å². The van der Waals surface area contributed by atoms with Gasteiger partial charge in [-0.25, -0.2) is 13.4 Å². The highest BCUT2D eigenvalue weighted by Crippen LogP contribution is 2.32. The first-order valence-corrected chi connectivity index (χ1v) is 12.7. The van der Waals surface area contributed by atoms with E-state index in [1.165, 1.54) is 17.6 Å². The molecule has 2 N–H and O–H groups in total. The molecule has 0 aromatic carbocycles. The Balaban J connectivity index is 1.51. The number of hydrogen-bond acceptors (Lipinski definition) is 6. The van der Waals surface area contributed by atoms with E-state index in [-0.39, 0.29) is 11.9 Å². The monoisotopic (exact) mass is 455 g/mol. The summed E-state index contributed by atoms with van der Waals surface area (Å²) < 4.78 is 25.9. The molecule has 4 aromatic rings. The van der Waals surface area contributed by atoms with Gasteiger partial charge in [-0.15, -0.1) is 11.3 Å². The molecular weight excluding hydrogens is 434 g/mol. The van der Waals surface area contributed by atoms with Crippen LogP contribution in [0.25, 0.3) is 27.3 Å². The van der Waals surface area contributed by atoms with Crippen LogP contribution in [-0.2, 0) is 9.84 Å². The fourth-order valence-corrected chi connectivity index (χ4v) is 5.92. The van der Waals surface area contributed by atoms with Crippen molar-refractivity contribution in [3.05, 3.63) is 48.5 Å². The van der Waals surface area contributed by atoms with Crippen LogP contribution in [0.2, 0.25) is 0 Å². The molecule has 160 valence electrons. The zero-order chi connectivity index (χ0) is 21.6. The summed E-state index contributed by atoms with van der Waals surface area (Å²) in [5.41, 5.74) is 3.48. The molecule has 4 aromatic heterocycles. The van der Waals surface area contributed by atoms with Gasteiger partial charge in [0.25, 0.3) is 5.91 Å². The summed E-state index contributed by atoms with van der Waals surface area (Å²) in [6.45, 7) is 0. The predicted molar refractivity (Wildman–Crippen MR) is 119 cm³/mol. The van der Waals surface area contributed by atoms with E-state index in [1.54, 1.807) is 24.5 Å². The molecule has 1 amide bonds. The summed E-state index contributed by atoms with van der Waals surface area (Å²) in [6.07, 6.45) is 10.8. The van der Waals surface area contributed by atoms with Crippen molar-refractivity contribution in [3.8, 4) is 21.7 Å². The largest absolute Gasteiger partial charge is 0.348 e. The summed E-state index contributed by atoms with van der Waals surface area (Å²) in [5.74, 6) is -0.151. The minimum Gasteiger partial charge on any atom is -0.348 e. The number of carbonyl (C=O) groups excluding carboxylic acids is 1. The topological polar surface area (TPSA) is 109 Å². The van der Waals surface area contributed by atoms with Crippen LogP contribution in [-0.4, -0.2) is 46.2 Å². The van der Waals surface area contributed by atoms with Gasteiger partial charge in [-0.1, -0.05) is 12.8 Å². The van der Waals surface area contributed by atoms with Gasteiger partial charge in [0.2, 0.25) is 0 Å². The van der Waals surface area contributed by atoms with Crippen LogP contribution in [0.3, 0.4) is 0 Å². The number of H-pyrrole nitrogens is 1. The number of imidazole rings is 1. The quantitative estimate of drug-likeness (QED) is 0.478. The fraction of sp³-hybridized carbons (Fsp3) is 0.286. The van der Waals surface area contributed by atoms with Crippen molar-refractivity contribution in [2.45, 2.75) is 35.9 Å². The molecule has 1 aliphatic rings. The van der Waals surface area contributed by atoms with Crippen molar-refractivity contribution in [3.63, 3.8) is 0 Å². The lowest BCUT2D eigenvalue weighted by Gasteiger charge is -2.12. The molecule has 1 saturated carbocycles. The molecular formula is C21H21N5O3S2. The number of nitrogens with zero attached hydrogens (tertiary/aromatic N) is 3. The molecule has 1 aliphatic carbocycles. The molecule has 1 fully saturated rings. The number of fused-ring (bicyclic) bond motifs is 1. The molecule has 8 nitrogen and oxygen atoms in total. The average Bonchev–Trinajstić information content (AvgIpc) is 3.52. The Morgan fingerprint density at radius 1 is 1.19 bits per heavy atom. The first kappa shape index (κ1) is 20.0. The molecule has 0 aliphatic heterocycles. The van der Waals surface area contributed by atoms with E-state index in [0.29, 0.717) is 15.5 Å². The average molecular weight is 456 g/mol. The summed E-state index contributed by atoms with van der Waals surface area (Å²) in [4.78, 5) is 18.0. The Morgan fingerprint density at radius 2 is 2.00 bits per heavy atom. The molecule has 5 rings (SSSR count). The van der Waals surface area contributed by atoms with E-state index < -0.39 is 9.84 Å². The molecule has 0 unspecified atom stereocenters. The number of amides is 1. The maximum Gasteiger partial charge on any atom is 0.270 e. The third-order valence-corrected chi connectivity index (χ3v) is 8.50. The van der Waals surface area contributed by atoms with Gasteiger partial charge >= 0.3 is 0 Å². The number of sulfone groups is 1. The maximum atomic E-state index is 12.8. The molecule has 31 heavy (non-hydrogen) atoms. The Hall–Kier alpha value is -2.98. The Labute approximate surface area is 183 Å². The van der Waals surface area contributed by atoms with E-state index in [9.17, 15) is 13.2 Å². The van der Waals surface area contributed by atoms with Gasteiger partial charge in [0.15, 0.2) is 9.84 Å². The molecule has 0 radical (unpaired) electrons. The second-order valence-electron chi connectivity index (χ2n) is 7.79. The molecule has 0 spiro atoms. The summed E-state index contributed by atoms with van der Waals surface area (Å²) in [5, 5.41) is 10.0. The minimum absolute atomic E-state index is 0.151. The van der Waals surface area contributed by atoms with Crippen LogP contribution in [0.4, 0.5) is 0 Å². The molecule has 0 saturated heterocycles. The van der Waals surface area contributed by atoms with Gasteiger partial charge in [-0.05, 0) is 37.1 Å². The lowest BCUT2D eigenvalue weighted by atomic mass is 10.1. The highest BCUT2D eigenvalue weighted by atomic mass is 32.2. The molecule has 4 heterocycles. The third kappa shape index (κ3) is 3.77. The number of carbonyl (C=O) groups is 1. The van der Waals surface area contributed by atoms with Crippen molar-refractivity contribution < 1.29 is 13.2 Å². The molecule has 10 heteroatoms. The van der Waals surface area contributed by atoms with E-state index in [4.69, 9.17) is 0 Å². The van der Waals surface area contributed by atoms with E-state index in [1.807, 2.05) is 22.7 Å². The van der Waals surface area contributed by atoms with Gasteiger partial charge in [0, 0.05) is 29.6 Å². The van der Waals surface area contributed by atoms with Crippen LogP contribution < -0.4 is 5.32 Å². The van der Waals surface area contributed by atoms with Crippen LogP contribution in [0.5, 0.6) is 0 Å². The Bertz CT molecular complexity index is 1380. The number of aromatic nitrogens is 4. The lowest BCUT2D eigenvalue weighted by Crippen LogP contribution is -2.33. The van der Waals surface area contributed by atoms with E-state index >= 15 is 0 Å². The smallest absolute Gasteiger partial charge is 0.270 e. The third-order valence-electron chi connectivity index (χ3n) is 5.57. The Morgan fingerprint density at radius 3 is 2.74 bits per heavy atom. The van der Waals surface area contributed by atoms with Crippen LogP contribution >= 0.6 is 11.3 Å². The number of nitrogens with one attached hydrogen (secondary N) is 2. The van der Waals surface area contributed by atoms with Crippen molar-refractivity contribution >= 4 is 32.7 Å². The predicted octanol–water partition coefficient (Wildman–Crippen LogP) is 3.53. The number of rotatable bonds is 5. The SMILES string of the molecule is CS(=O)(=O)c1ccc(-c2cnc3ccc(-c4cn[nH]c4C(=O)NC4CCCC4)cn23)s1. The second kappa shape index (κ2) is 7.61. The van der Waals surface area contributed by atoms with Gasteiger partial charge in [0.1, 0.15) is 15.6 Å². The summed E-state index contributed by atoms with van der Waals surface area (Å²) in [7, 11) is -3.26. The summed E-state index contributed by atoms with van der Waals surface area (Å²) in [6, 6.07) is 7.39.